The van der Waals surface area contributed by atoms with Crippen LogP contribution in [0.1, 0.15) is 72.9 Å². The molecular formula is C30H32BrF4N7O5. The van der Waals surface area contributed by atoms with Crippen LogP contribution in [0.25, 0.3) is 0 Å². The van der Waals surface area contributed by atoms with Crippen molar-refractivity contribution < 1.29 is 41.7 Å². The van der Waals surface area contributed by atoms with Crippen molar-refractivity contribution >= 4 is 45.1 Å². The number of hydrogen-bond donors (Lipinski definition) is 4. The average Bonchev–Trinajstić information content (AvgIpc) is 3.00. The number of aromatic nitrogens is 4. The molecule has 0 fully saturated rings. The molecule has 12 nitrogen and oxygen atoms in total. The van der Waals surface area contributed by atoms with Gasteiger partial charge < -0.3 is 31.4 Å². The van der Waals surface area contributed by atoms with E-state index in [9.17, 15) is 27.2 Å². The maximum Gasteiger partial charge on any atom is 0.354 e. The number of carbonyl (C=O) groups is 2. The number of carbonyl (C=O) groups excluding carboxylic acids is 1. The Hall–Kier alpha value is -5.06. The molecule has 47 heavy (non-hydrogen) atoms. The van der Waals surface area contributed by atoms with Crippen LogP contribution in [0.2, 0.25) is 0 Å². The Morgan fingerprint density at radius 2 is 1.26 bits per heavy atom. The van der Waals surface area contributed by atoms with E-state index in [2.05, 4.69) is 41.2 Å². The van der Waals surface area contributed by atoms with Gasteiger partial charge in [0.2, 0.25) is 0 Å². The summed E-state index contributed by atoms with van der Waals surface area (Å²) in [5.41, 5.74) is 9.89. The summed E-state index contributed by atoms with van der Waals surface area (Å²) in [5.74, 6) is -0.182. The predicted molar refractivity (Wildman–Crippen MR) is 170 cm³/mol. The minimum Gasteiger partial charge on any atom is -0.490 e. The number of nitrogens with zero attached hydrogens (tertiary/aromatic N) is 4. The van der Waals surface area contributed by atoms with Crippen molar-refractivity contribution in [2.75, 3.05) is 16.8 Å². The van der Waals surface area contributed by atoms with E-state index < -0.39 is 36.1 Å². The van der Waals surface area contributed by atoms with Gasteiger partial charge in [-0.25, -0.2) is 42.3 Å². The van der Waals surface area contributed by atoms with Crippen molar-refractivity contribution in [1.82, 2.24) is 19.9 Å². The van der Waals surface area contributed by atoms with E-state index >= 15 is 0 Å². The Morgan fingerprint density at radius 3 is 1.77 bits per heavy atom. The van der Waals surface area contributed by atoms with Gasteiger partial charge in [0.25, 0.3) is 18.8 Å². The molecule has 0 saturated heterocycles. The smallest absolute Gasteiger partial charge is 0.354 e. The molecular weight excluding hydrogens is 694 g/mol. The largest absolute Gasteiger partial charge is 0.490 e. The molecule has 0 bridgehead atoms. The zero-order valence-electron chi connectivity index (χ0n) is 25.5. The molecule has 0 aliphatic carbocycles. The number of alkyl halides is 4. The topological polar surface area (TPSA) is 188 Å². The Morgan fingerprint density at radius 1 is 0.787 bits per heavy atom. The van der Waals surface area contributed by atoms with Crippen LogP contribution in [-0.4, -0.2) is 49.1 Å². The summed E-state index contributed by atoms with van der Waals surface area (Å²) < 4.78 is 61.0. The van der Waals surface area contributed by atoms with Crippen molar-refractivity contribution in [3.63, 3.8) is 0 Å². The lowest BCUT2D eigenvalue weighted by atomic mass is 10.2. The van der Waals surface area contributed by atoms with E-state index in [1.165, 1.54) is 30.5 Å². The fraction of sp³-hybridized carbons (Fsp3) is 0.267. The zero-order valence-corrected chi connectivity index (χ0v) is 27.1. The summed E-state index contributed by atoms with van der Waals surface area (Å²) in [6.45, 7) is 7.55. The normalized spacial score (nSPS) is 10.6. The fourth-order valence-corrected chi connectivity index (χ4v) is 3.57. The number of amides is 1. The lowest BCUT2D eigenvalue weighted by molar-refractivity contribution is 0.0688. The number of carboxylic acids is 1. The number of halogens is 5. The van der Waals surface area contributed by atoms with Gasteiger partial charge in [0.15, 0.2) is 0 Å². The molecule has 0 saturated carbocycles. The Bertz CT molecular complexity index is 1650. The SMILES string of the molecule is CC(C)Oc1cc(N)ncc1Br.CC(C)Oc1cc(N)ncc1NC(=O)c1cccc(C(F)F)n1.O=C(O)c1cccc(C(F)F)n1. The molecule has 1 amide bonds. The van der Waals surface area contributed by atoms with Gasteiger partial charge in [0.05, 0.1) is 22.9 Å². The van der Waals surface area contributed by atoms with Crippen molar-refractivity contribution in [3.05, 3.63) is 88.2 Å². The van der Waals surface area contributed by atoms with E-state index in [1.54, 1.807) is 12.3 Å². The highest BCUT2D eigenvalue weighted by molar-refractivity contribution is 9.10. The second-order valence-electron chi connectivity index (χ2n) is 9.73. The van der Waals surface area contributed by atoms with E-state index in [1.807, 2.05) is 27.7 Å². The molecule has 17 heteroatoms. The van der Waals surface area contributed by atoms with Gasteiger partial charge in [0, 0.05) is 18.3 Å². The Labute approximate surface area is 275 Å². The van der Waals surface area contributed by atoms with Gasteiger partial charge in [-0.15, -0.1) is 0 Å². The molecule has 4 heterocycles. The van der Waals surface area contributed by atoms with Gasteiger partial charge in [-0.2, -0.15) is 0 Å². The van der Waals surface area contributed by atoms with Gasteiger partial charge in [-0.05, 0) is 67.9 Å². The monoisotopic (exact) mass is 725 g/mol. The van der Waals surface area contributed by atoms with Gasteiger partial charge in [0.1, 0.15) is 51.6 Å². The summed E-state index contributed by atoms with van der Waals surface area (Å²) in [4.78, 5) is 37.1. The molecule has 0 radical (unpaired) electrons. The molecule has 4 rings (SSSR count). The van der Waals surface area contributed by atoms with Crippen LogP contribution in [0.4, 0.5) is 34.9 Å². The van der Waals surface area contributed by atoms with Crippen LogP contribution < -0.4 is 26.3 Å². The van der Waals surface area contributed by atoms with Crippen LogP contribution in [0.15, 0.2) is 65.4 Å². The first-order valence-electron chi connectivity index (χ1n) is 13.6. The third kappa shape index (κ3) is 13.1. The third-order valence-corrected chi connectivity index (χ3v) is 5.74. The highest BCUT2D eigenvalue weighted by Crippen LogP contribution is 2.28. The first-order valence-corrected chi connectivity index (χ1v) is 14.4. The number of nitrogens with two attached hydrogens (primary N) is 2. The molecule has 4 aromatic rings. The lowest BCUT2D eigenvalue weighted by Gasteiger charge is -2.15. The zero-order chi connectivity index (χ0) is 35.3. The van der Waals surface area contributed by atoms with Gasteiger partial charge in [-0.3, -0.25) is 4.79 Å². The van der Waals surface area contributed by atoms with E-state index in [0.717, 1.165) is 28.4 Å². The van der Waals surface area contributed by atoms with Crippen LogP contribution in [-0.2, 0) is 0 Å². The molecule has 4 aromatic heterocycles. The Kier molecular flexibility index (Phi) is 14.7. The first kappa shape index (κ1) is 38.1. The van der Waals surface area contributed by atoms with E-state index in [0.29, 0.717) is 11.6 Å². The van der Waals surface area contributed by atoms with Crippen LogP contribution in [0.5, 0.6) is 11.5 Å². The van der Waals surface area contributed by atoms with Crippen molar-refractivity contribution in [1.29, 1.82) is 0 Å². The summed E-state index contributed by atoms with van der Waals surface area (Å²) in [7, 11) is 0. The summed E-state index contributed by atoms with van der Waals surface area (Å²) in [5, 5.41) is 10.9. The summed E-state index contributed by atoms with van der Waals surface area (Å²) in [6.07, 6.45) is -2.52. The highest BCUT2D eigenvalue weighted by Gasteiger charge is 2.16. The molecule has 0 aliphatic heterocycles. The van der Waals surface area contributed by atoms with Crippen LogP contribution >= 0.6 is 15.9 Å². The second-order valence-corrected chi connectivity index (χ2v) is 10.6. The van der Waals surface area contributed by atoms with E-state index in [-0.39, 0.29) is 35.1 Å². The lowest BCUT2D eigenvalue weighted by Crippen LogP contribution is -2.17. The number of rotatable bonds is 9. The quantitative estimate of drug-likeness (QED) is 0.130. The number of nitrogen functional groups attached to an aromatic ring is 2. The number of anilines is 3. The van der Waals surface area contributed by atoms with Crippen LogP contribution in [0, 0.1) is 0 Å². The highest BCUT2D eigenvalue weighted by atomic mass is 79.9. The molecule has 252 valence electrons. The number of nitrogens with one attached hydrogen (secondary N) is 1. The summed E-state index contributed by atoms with van der Waals surface area (Å²) >= 11 is 3.32. The number of pyridine rings is 4. The van der Waals surface area contributed by atoms with Gasteiger partial charge in [-0.1, -0.05) is 12.1 Å². The average molecular weight is 727 g/mol. The molecule has 0 aliphatic rings. The predicted octanol–water partition coefficient (Wildman–Crippen LogP) is 6.97. The van der Waals surface area contributed by atoms with Crippen molar-refractivity contribution in [3.8, 4) is 11.5 Å². The van der Waals surface area contributed by atoms with Crippen molar-refractivity contribution in [2.45, 2.75) is 52.8 Å². The maximum absolute atomic E-state index is 12.7. The fourth-order valence-electron chi connectivity index (χ4n) is 3.25. The third-order valence-electron chi connectivity index (χ3n) is 5.14. The minimum absolute atomic E-state index is 0.130. The van der Waals surface area contributed by atoms with Crippen molar-refractivity contribution in [2.24, 2.45) is 0 Å². The molecule has 0 aromatic carbocycles. The Balaban J connectivity index is 0.000000270. The standard InChI is InChI=1S/C15H16F2N4O2.C8H11BrN2O.C7H5F2NO2/c1-8(2)23-12-6-13(18)19-7-11(12)21-15(22)10-5-3-4-9(20-10)14(16)17;1-5(2)12-7-3-8(10)11-4-6(7)9;8-6(9)4-2-1-3-5(10-4)7(11)12/h3-8,14H,1-2H3,(H2,18,19)(H,21,22);3-5H,1-2H3,(H2,10,11);1-3,6H,(H,11,12). The molecule has 6 N–H and O–H groups in total. The van der Waals surface area contributed by atoms with Crippen LogP contribution in [0.3, 0.4) is 0 Å². The number of aromatic carboxylic acids is 1. The number of carboxylic acid groups (broad SMARTS) is 1. The van der Waals surface area contributed by atoms with E-state index in [4.69, 9.17) is 26.0 Å². The number of hydrogen-bond acceptors (Lipinski definition) is 10. The minimum atomic E-state index is -2.75. The maximum atomic E-state index is 12.7. The van der Waals surface area contributed by atoms with Gasteiger partial charge >= 0.3 is 5.97 Å². The summed E-state index contributed by atoms with van der Waals surface area (Å²) in [6, 6.07) is 10.5. The number of ether oxygens (including phenoxy) is 2. The first-order chi connectivity index (χ1) is 22.1. The molecule has 0 spiro atoms. The molecule has 0 atom stereocenters. The molecule has 0 unspecified atom stereocenters. The second kappa shape index (κ2) is 18.2.